The van der Waals surface area contributed by atoms with E-state index in [1.54, 1.807) is 0 Å². The molecule has 1 nitrogen and oxygen atoms in total. The molecule has 0 aliphatic carbocycles. The largest absolute Gasteiger partial charge is 0.330 e. The van der Waals surface area contributed by atoms with Crippen molar-refractivity contribution in [2.24, 2.45) is 11.7 Å². The number of thioether (sulfide) groups is 1. The van der Waals surface area contributed by atoms with Crippen molar-refractivity contribution in [3.63, 3.8) is 0 Å². The number of halogens is 2. The van der Waals surface area contributed by atoms with Gasteiger partial charge in [0, 0.05) is 4.90 Å². The molecule has 1 atom stereocenters. The van der Waals surface area contributed by atoms with Gasteiger partial charge in [-0.2, -0.15) is 0 Å². The van der Waals surface area contributed by atoms with Gasteiger partial charge in [-0.15, -0.1) is 11.8 Å². The smallest absolute Gasteiger partial charge is 0.0635 e. The lowest BCUT2D eigenvalue weighted by molar-refractivity contribution is 0.524. The molecule has 0 saturated heterocycles. The van der Waals surface area contributed by atoms with Crippen LogP contribution < -0.4 is 5.73 Å². The van der Waals surface area contributed by atoms with Gasteiger partial charge in [-0.25, -0.2) is 0 Å². The van der Waals surface area contributed by atoms with Crippen LogP contribution in [-0.2, 0) is 6.42 Å². The molecule has 0 fully saturated rings. The maximum Gasteiger partial charge on any atom is 0.0635 e. The van der Waals surface area contributed by atoms with Crippen LogP contribution >= 0.6 is 35.0 Å². The van der Waals surface area contributed by atoms with Gasteiger partial charge in [0.15, 0.2) is 0 Å². The van der Waals surface area contributed by atoms with Gasteiger partial charge in [0.2, 0.25) is 0 Å². The van der Waals surface area contributed by atoms with E-state index in [-0.39, 0.29) is 0 Å². The van der Waals surface area contributed by atoms with Crippen LogP contribution in [0.15, 0.2) is 17.0 Å². The molecule has 1 aliphatic heterocycles. The molecule has 1 aliphatic rings. The normalized spacial score (nSPS) is 20.9. The third-order valence-electron chi connectivity index (χ3n) is 2.76. The van der Waals surface area contributed by atoms with Gasteiger partial charge in [-0.3, -0.25) is 0 Å². The second-order valence-electron chi connectivity index (χ2n) is 3.78. The first-order valence-corrected chi connectivity index (χ1v) is 6.76. The minimum Gasteiger partial charge on any atom is -0.330 e. The third-order valence-corrected chi connectivity index (χ3v) is 4.74. The number of benzene rings is 1. The van der Waals surface area contributed by atoms with Crippen molar-refractivity contribution in [1.29, 1.82) is 0 Å². The second kappa shape index (κ2) is 4.96. The number of hydrogen-bond acceptors (Lipinski definition) is 2. The van der Waals surface area contributed by atoms with Gasteiger partial charge >= 0.3 is 0 Å². The quantitative estimate of drug-likeness (QED) is 0.836. The van der Waals surface area contributed by atoms with Crippen LogP contribution in [0.2, 0.25) is 10.0 Å². The molecule has 0 radical (unpaired) electrons. The fourth-order valence-electron chi connectivity index (χ4n) is 1.83. The predicted molar refractivity (Wildman–Crippen MR) is 68.1 cm³/mol. The van der Waals surface area contributed by atoms with Crippen molar-refractivity contribution < 1.29 is 0 Å². The van der Waals surface area contributed by atoms with E-state index >= 15 is 0 Å². The van der Waals surface area contributed by atoms with E-state index in [9.17, 15) is 0 Å². The Labute approximate surface area is 104 Å². The summed E-state index contributed by atoms with van der Waals surface area (Å²) in [6.45, 7) is 0.725. The van der Waals surface area contributed by atoms with Gasteiger partial charge < -0.3 is 5.73 Å². The summed E-state index contributed by atoms with van der Waals surface area (Å²) >= 11 is 14.1. The van der Waals surface area contributed by atoms with E-state index in [1.807, 2.05) is 17.8 Å². The molecule has 0 amide bonds. The molecule has 1 heterocycles. The molecule has 82 valence electrons. The highest BCUT2D eigenvalue weighted by Crippen LogP contribution is 2.38. The van der Waals surface area contributed by atoms with Crippen LogP contribution in [0.25, 0.3) is 0 Å². The van der Waals surface area contributed by atoms with Crippen molar-refractivity contribution in [1.82, 2.24) is 0 Å². The van der Waals surface area contributed by atoms with Gasteiger partial charge in [0.25, 0.3) is 0 Å². The molecule has 1 aromatic rings. The van der Waals surface area contributed by atoms with Crippen molar-refractivity contribution in [2.45, 2.75) is 17.7 Å². The van der Waals surface area contributed by atoms with Gasteiger partial charge in [-0.1, -0.05) is 23.2 Å². The van der Waals surface area contributed by atoms with E-state index in [1.165, 1.54) is 10.5 Å². The Morgan fingerprint density at radius 3 is 2.93 bits per heavy atom. The Morgan fingerprint density at radius 2 is 2.20 bits per heavy atom. The summed E-state index contributed by atoms with van der Waals surface area (Å²) in [5.41, 5.74) is 6.92. The fourth-order valence-corrected chi connectivity index (χ4v) is 3.50. The van der Waals surface area contributed by atoms with Gasteiger partial charge in [0.1, 0.15) is 0 Å². The van der Waals surface area contributed by atoms with Crippen molar-refractivity contribution in [3.05, 3.63) is 27.7 Å². The highest BCUT2D eigenvalue weighted by Gasteiger charge is 2.19. The topological polar surface area (TPSA) is 26.0 Å². The molecular weight excluding hydrogens is 249 g/mol. The minimum absolute atomic E-state index is 0.537. The van der Waals surface area contributed by atoms with E-state index in [4.69, 9.17) is 28.9 Å². The zero-order chi connectivity index (χ0) is 10.8. The number of fused-ring (bicyclic) bond motifs is 1. The van der Waals surface area contributed by atoms with E-state index in [0.717, 1.165) is 25.1 Å². The van der Waals surface area contributed by atoms with Gasteiger partial charge in [0.05, 0.1) is 10.0 Å². The third kappa shape index (κ3) is 2.44. The Balaban J connectivity index is 2.39. The Hall–Kier alpha value is 0.110. The Kier molecular flexibility index (Phi) is 3.83. The van der Waals surface area contributed by atoms with Gasteiger partial charge in [-0.05, 0) is 48.8 Å². The molecule has 0 bridgehead atoms. The summed E-state index contributed by atoms with van der Waals surface area (Å²) in [5, 5.41) is 1.36. The summed E-state index contributed by atoms with van der Waals surface area (Å²) < 4.78 is 0. The maximum absolute atomic E-state index is 6.22. The molecule has 2 N–H and O–H groups in total. The second-order valence-corrected chi connectivity index (χ2v) is 5.70. The zero-order valence-electron chi connectivity index (χ0n) is 8.30. The molecule has 1 aromatic carbocycles. The molecule has 15 heavy (non-hydrogen) atoms. The van der Waals surface area contributed by atoms with Crippen LogP contribution in [0.3, 0.4) is 0 Å². The summed E-state index contributed by atoms with van der Waals surface area (Å²) in [6.07, 6.45) is 2.11. The van der Waals surface area contributed by atoms with Crippen LogP contribution in [0, 0.1) is 5.92 Å². The van der Waals surface area contributed by atoms with Crippen LogP contribution in [-0.4, -0.2) is 12.3 Å². The van der Waals surface area contributed by atoms with Crippen molar-refractivity contribution in [2.75, 3.05) is 12.3 Å². The lowest BCUT2D eigenvalue weighted by Crippen LogP contribution is -2.16. The Bertz CT molecular complexity index is 368. The summed E-state index contributed by atoms with van der Waals surface area (Å²) in [5.74, 6) is 1.65. The SMILES string of the molecule is NCC1CCSc2ccc(Cl)c(Cl)c2C1. The maximum atomic E-state index is 6.22. The predicted octanol–water partition coefficient (Wildman–Crippen LogP) is 3.61. The number of hydrogen-bond donors (Lipinski definition) is 1. The summed E-state index contributed by atoms with van der Waals surface area (Å²) in [4.78, 5) is 1.26. The lowest BCUT2D eigenvalue weighted by atomic mass is 9.97. The molecule has 1 unspecified atom stereocenters. The molecule has 0 saturated carbocycles. The molecule has 0 aromatic heterocycles. The average molecular weight is 262 g/mol. The highest BCUT2D eigenvalue weighted by molar-refractivity contribution is 7.99. The van der Waals surface area contributed by atoms with Crippen molar-refractivity contribution >= 4 is 35.0 Å². The highest BCUT2D eigenvalue weighted by atomic mass is 35.5. The molecule has 0 spiro atoms. The first kappa shape index (κ1) is 11.6. The first-order chi connectivity index (χ1) is 7.22. The molecular formula is C11H13Cl2NS. The van der Waals surface area contributed by atoms with Crippen molar-refractivity contribution in [3.8, 4) is 0 Å². The monoisotopic (exact) mass is 261 g/mol. The molecule has 4 heteroatoms. The summed E-state index contributed by atoms with van der Waals surface area (Å²) in [7, 11) is 0. The minimum atomic E-state index is 0.537. The van der Waals surface area contributed by atoms with E-state index < -0.39 is 0 Å². The zero-order valence-corrected chi connectivity index (χ0v) is 10.6. The molecule has 2 rings (SSSR count). The van der Waals surface area contributed by atoms with Crippen LogP contribution in [0.5, 0.6) is 0 Å². The van der Waals surface area contributed by atoms with E-state index in [0.29, 0.717) is 16.0 Å². The summed E-state index contributed by atoms with van der Waals surface area (Å²) in [6, 6.07) is 3.94. The fraction of sp³-hybridized carbons (Fsp3) is 0.455. The number of rotatable bonds is 1. The first-order valence-electron chi connectivity index (χ1n) is 5.02. The van der Waals surface area contributed by atoms with Crippen LogP contribution in [0.1, 0.15) is 12.0 Å². The van der Waals surface area contributed by atoms with Crippen LogP contribution in [0.4, 0.5) is 0 Å². The standard InChI is InChI=1S/C11H13Cl2NS/c12-9-1-2-10-8(11(9)13)5-7(6-14)3-4-15-10/h1-2,7H,3-6,14H2. The van der Waals surface area contributed by atoms with E-state index in [2.05, 4.69) is 6.07 Å². The average Bonchev–Trinajstić information content (AvgIpc) is 2.45. The lowest BCUT2D eigenvalue weighted by Gasteiger charge is -2.13. The Morgan fingerprint density at radius 1 is 1.40 bits per heavy atom. The number of nitrogens with two attached hydrogens (primary N) is 1.